The van der Waals surface area contributed by atoms with Gasteiger partial charge in [-0.25, -0.2) is 0 Å². The van der Waals surface area contributed by atoms with Gasteiger partial charge in [0.15, 0.2) is 0 Å². The maximum atomic E-state index is 12.1. The Balaban J connectivity index is 2.14. The number of hydrogen-bond acceptors (Lipinski definition) is 3. The summed E-state index contributed by atoms with van der Waals surface area (Å²) in [6, 6.07) is 0. The highest BCUT2D eigenvalue weighted by Gasteiger charge is 2.48. The summed E-state index contributed by atoms with van der Waals surface area (Å²) in [6.07, 6.45) is 4.29. The van der Waals surface area contributed by atoms with Crippen LogP contribution in [0.5, 0.6) is 0 Å². The summed E-state index contributed by atoms with van der Waals surface area (Å²) in [5.74, 6) is 0.0667. The van der Waals surface area contributed by atoms with Crippen molar-refractivity contribution in [2.24, 2.45) is 10.4 Å². The predicted octanol–water partition coefficient (Wildman–Crippen LogP) is 0.601. The monoisotopic (exact) mass is 237 g/mol. The van der Waals surface area contributed by atoms with E-state index in [2.05, 4.69) is 15.6 Å². The second kappa shape index (κ2) is 4.96. The highest BCUT2D eigenvalue weighted by molar-refractivity contribution is 6.19. The summed E-state index contributed by atoms with van der Waals surface area (Å²) in [6.45, 7) is 3.20. The fourth-order valence-corrected chi connectivity index (χ4v) is 2.53. The molecule has 1 saturated carbocycles. The Labute approximate surface area is 101 Å². The van der Waals surface area contributed by atoms with Crippen LogP contribution in [-0.4, -0.2) is 30.7 Å². The van der Waals surface area contributed by atoms with Crippen LogP contribution >= 0.6 is 0 Å². The van der Waals surface area contributed by atoms with Gasteiger partial charge in [0, 0.05) is 0 Å². The minimum absolute atomic E-state index is 0.148. The predicted molar refractivity (Wildman–Crippen MR) is 64.6 cm³/mol. The molecule has 0 atom stereocenters. The Morgan fingerprint density at radius 2 is 2.00 bits per heavy atom. The van der Waals surface area contributed by atoms with Crippen LogP contribution in [0.2, 0.25) is 0 Å². The highest BCUT2D eigenvalue weighted by Crippen LogP contribution is 2.38. The molecule has 0 aromatic heterocycles. The fourth-order valence-electron chi connectivity index (χ4n) is 2.53. The zero-order valence-electron chi connectivity index (χ0n) is 10.2. The summed E-state index contributed by atoms with van der Waals surface area (Å²) >= 11 is 0. The van der Waals surface area contributed by atoms with E-state index in [9.17, 15) is 9.59 Å². The van der Waals surface area contributed by atoms with Gasteiger partial charge in [0.25, 0.3) is 5.91 Å². The molecule has 0 saturated heterocycles. The first-order chi connectivity index (χ1) is 8.19. The molecule has 0 bridgehead atoms. The van der Waals surface area contributed by atoms with Crippen LogP contribution in [0.1, 0.15) is 39.0 Å². The minimum atomic E-state index is -0.853. The van der Waals surface area contributed by atoms with Crippen molar-refractivity contribution in [3.8, 4) is 0 Å². The molecule has 0 aromatic carbocycles. The first-order valence-corrected chi connectivity index (χ1v) is 6.33. The van der Waals surface area contributed by atoms with Gasteiger partial charge in [0.1, 0.15) is 11.3 Å². The van der Waals surface area contributed by atoms with E-state index >= 15 is 0 Å². The van der Waals surface area contributed by atoms with Crippen molar-refractivity contribution in [3.63, 3.8) is 0 Å². The number of nitrogens with one attached hydrogen (secondary N) is 2. The van der Waals surface area contributed by atoms with Crippen LogP contribution in [0.3, 0.4) is 0 Å². The smallest absolute Gasteiger partial charge is 0.263 e. The molecule has 0 aromatic rings. The van der Waals surface area contributed by atoms with Gasteiger partial charge in [-0.2, -0.15) is 4.99 Å². The lowest BCUT2D eigenvalue weighted by Crippen LogP contribution is -2.55. The number of amidine groups is 1. The molecule has 1 heterocycles. The molecule has 2 rings (SSSR count). The topological polar surface area (TPSA) is 70.6 Å². The molecule has 5 nitrogen and oxygen atoms in total. The highest BCUT2D eigenvalue weighted by atomic mass is 16.2. The largest absolute Gasteiger partial charge is 0.312 e. The molecular formula is C12H19N3O2. The van der Waals surface area contributed by atoms with Crippen molar-refractivity contribution in [3.05, 3.63) is 0 Å². The molecule has 17 heavy (non-hydrogen) atoms. The van der Waals surface area contributed by atoms with Gasteiger partial charge < -0.3 is 10.6 Å². The van der Waals surface area contributed by atoms with Crippen molar-refractivity contribution in [1.29, 1.82) is 0 Å². The molecule has 1 aliphatic heterocycles. The maximum Gasteiger partial charge on any atom is 0.263 e. The molecule has 2 N–H and O–H groups in total. The lowest BCUT2D eigenvalue weighted by atomic mass is 9.72. The maximum absolute atomic E-state index is 12.1. The summed E-state index contributed by atoms with van der Waals surface area (Å²) in [7, 11) is 0. The Hall–Kier alpha value is -1.23. The number of hydrogen-bond donors (Lipinski definition) is 2. The van der Waals surface area contributed by atoms with Gasteiger partial charge in [0.2, 0.25) is 5.91 Å². The third-order valence-corrected chi connectivity index (χ3v) is 3.59. The Kier molecular flexibility index (Phi) is 3.57. The molecule has 5 heteroatoms. The van der Waals surface area contributed by atoms with Gasteiger partial charge in [-0.3, -0.25) is 9.59 Å². The molecular weight excluding hydrogens is 218 g/mol. The lowest BCUT2D eigenvalue weighted by Gasteiger charge is -2.35. The van der Waals surface area contributed by atoms with Crippen LogP contribution in [-0.2, 0) is 9.59 Å². The number of amides is 2. The number of nitrogens with zero attached hydrogens (tertiary/aromatic N) is 1. The molecule has 2 aliphatic rings. The van der Waals surface area contributed by atoms with Crippen LogP contribution in [0.15, 0.2) is 4.99 Å². The van der Waals surface area contributed by atoms with Crippen LogP contribution in [0, 0.1) is 5.41 Å². The average molecular weight is 237 g/mol. The minimum Gasteiger partial charge on any atom is -0.312 e. The van der Waals surface area contributed by atoms with E-state index in [1.165, 1.54) is 0 Å². The zero-order valence-corrected chi connectivity index (χ0v) is 10.2. The van der Waals surface area contributed by atoms with Gasteiger partial charge in [-0.15, -0.1) is 0 Å². The Morgan fingerprint density at radius 3 is 2.59 bits per heavy atom. The van der Waals surface area contributed by atoms with Crippen molar-refractivity contribution < 1.29 is 9.59 Å². The van der Waals surface area contributed by atoms with Crippen LogP contribution in [0.4, 0.5) is 0 Å². The molecule has 0 radical (unpaired) electrons. The lowest BCUT2D eigenvalue weighted by molar-refractivity contribution is -0.144. The summed E-state index contributed by atoms with van der Waals surface area (Å²) in [4.78, 5) is 28.2. The van der Waals surface area contributed by atoms with E-state index in [1.807, 2.05) is 6.92 Å². The normalized spacial score (nSPS) is 23.5. The molecule has 1 spiro atoms. The second-order valence-electron chi connectivity index (χ2n) is 4.74. The SMILES string of the molecule is CCNCC1=NC(=O)C2(CCCCC2)C(=O)N1. The van der Waals surface area contributed by atoms with Crippen molar-refractivity contribution in [2.75, 3.05) is 13.1 Å². The van der Waals surface area contributed by atoms with E-state index in [0.29, 0.717) is 25.2 Å². The molecule has 2 amide bonds. The first kappa shape index (κ1) is 12.2. The van der Waals surface area contributed by atoms with Gasteiger partial charge in [-0.1, -0.05) is 26.2 Å². The van der Waals surface area contributed by atoms with E-state index < -0.39 is 5.41 Å². The first-order valence-electron chi connectivity index (χ1n) is 6.33. The van der Waals surface area contributed by atoms with Crippen LogP contribution in [0.25, 0.3) is 0 Å². The number of carbonyl (C=O) groups excluding carboxylic acids is 2. The quantitative estimate of drug-likeness (QED) is 0.706. The van der Waals surface area contributed by atoms with E-state index in [0.717, 1.165) is 25.8 Å². The summed E-state index contributed by atoms with van der Waals surface area (Å²) < 4.78 is 0. The number of carbonyl (C=O) groups is 2. The standard InChI is InChI=1S/C12H19N3O2/c1-2-13-8-9-14-10(16)12(11(17)15-9)6-4-3-5-7-12/h13H,2-8H2,1H3,(H,14,15,16,17). The van der Waals surface area contributed by atoms with E-state index in [-0.39, 0.29) is 11.8 Å². The average Bonchev–Trinajstić information content (AvgIpc) is 2.35. The van der Waals surface area contributed by atoms with Crippen LogP contribution < -0.4 is 10.6 Å². The van der Waals surface area contributed by atoms with Gasteiger partial charge in [0.05, 0.1) is 6.54 Å². The summed E-state index contributed by atoms with van der Waals surface area (Å²) in [5.41, 5.74) is -0.853. The van der Waals surface area contributed by atoms with E-state index in [1.54, 1.807) is 0 Å². The third-order valence-electron chi connectivity index (χ3n) is 3.59. The molecule has 1 aliphatic carbocycles. The van der Waals surface area contributed by atoms with Crippen molar-refractivity contribution in [2.45, 2.75) is 39.0 Å². The number of rotatable bonds is 3. The Bertz CT molecular complexity index is 357. The molecule has 0 unspecified atom stereocenters. The molecule has 94 valence electrons. The third kappa shape index (κ3) is 2.24. The Morgan fingerprint density at radius 1 is 1.29 bits per heavy atom. The van der Waals surface area contributed by atoms with Gasteiger partial charge in [-0.05, 0) is 19.4 Å². The zero-order chi connectivity index (χ0) is 12.3. The van der Waals surface area contributed by atoms with E-state index in [4.69, 9.17) is 0 Å². The van der Waals surface area contributed by atoms with Crippen molar-refractivity contribution >= 4 is 17.6 Å². The number of aliphatic imine (C=N–C) groups is 1. The summed E-state index contributed by atoms with van der Waals surface area (Å²) in [5, 5.41) is 5.82. The van der Waals surface area contributed by atoms with Gasteiger partial charge >= 0.3 is 0 Å². The number of likely N-dealkylation sites (N-methyl/N-ethyl adjacent to an activating group) is 1. The fraction of sp³-hybridized carbons (Fsp3) is 0.750. The van der Waals surface area contributed by atoms with Crippen molar-refractivity contribution in [1.82, 2.24) is 10.6 Å². The molecule has 1 fully saturated rings. The second-order valence-corrected chi connectivity index (χ2v) is 4.74.